The molecule has 0 bridgehead atoms. The van der Waals surface area contributed by atoms with Crippen molar-refractivity contribution in [2.24, 2.45) is 0 Å². The summed E-state index contributed by atoms with van der Waals surface area (Å²) < 4.78 is 11.3. The van der Waals surface area contributed by atoms with Crippen LogP contribution in [0, 0.1) is 0 Å². The van der Waals surface area contributed by atoms with Crippen molar-refractivity contribution in [3.8, 4) is 5.75 Å². The van der Waals surface area contributed by atoms with Crippen molar-refractivity contribution in [2.75, 3.05) is 13.1 Å². The van der Waals surface area contributed by atoms with Crippen molar-refractivity contribution in [1.29, 1.82) is 0 Å². The Morgan fingerprint density at radius 1 is 1.00 bits per heavy atom. The van der Waals surface area contributed by atoms with E-state index < -0.39 is 5.60 Å². The second-order valence-corrected chi connectivity index (χ2v) is 8.57. The van der Waals surface area contributed by atoms with Crippen LogP contribution in [0.1, 0.15) is 62.4 Å². The van der Waals surface area contributed by atoms with Gasteiger partial charge in [-0.3, -0.25) is 4.79 Å². The Morgan fingerprint density at radius 3 is 2.30 bits per heavy atom. The lowest BCUT2D eigenvalue weighted by atomic mass is 9.89. The van der Waals surface area contributed by atoms with Crippen LogP contribution in [0.3, 0.4) is 0 Å². The van der Waals surface area contributed by atoms with Gasteiger partial charge in [-0.2, -0.15) is 0 Å². The molecular formula is C25H31NO4. The molecule has 0 atom stereocenters. The summed E-state index contributed by atoms with van der Waals surface area (Å²) >= 11 is 0. The number of amides is 1. The molecule has 0 aliphatic carbocycles. The molecule has 1 heterocycles. The van der Waals surface area contributed by atoms with E-state index in [1.54, 1.807) is 13.8 Å². The van der Waals surface area contributed by atoms with Crippen molar-refractivity contribution < 1.29 is 19.1 Å². The van der Waals surface area contributed by atoms with Crippen LogP contribution in [0.15, 0.2) is 54.6 Å². The van der Waals surface area contributed by atoms with Gasteiger partial charge in [0.05, 0.1) is 6.10 Å². The van der Waals surface area contributed by atoms with Gasteiger partial charge in [0.2, 0.25) is 0 Å². The van der Waals surface area contributed by atoms with E-state index in [0.717, 1.165) is 31.5 Å². The normalized spacial score (nSPS) is 15.2. The van der Waals surface area contributed by atoms with Crippen LogP contribution in [-0.4, -0.2) is 41.6 Å². The number of nitrogens with zero attached hydrogens (tertiary/aromatic N) is 1. The molecule has 0 saturated carbocycles. The number of rotatable bonds is 6. The Hall–Kier alpha value is -2.82. The molecule has 0 spiro atoms. The first kappa shape index (κ1) is 21.9. The van der Waals surface area contributed by atoms with Gasteiger partial charge in [0, 0.05) is 18.7 Å². The van der Waals surface area contributed by atoms with Crippen LogP contribution in [0.25, 0.3) is 0 Å². The molecule has 3 rings (SSSR count). The summed E-state index contributed by atoms with van der Waals surface area (Å²) in [6, 6.07) is 17.3. The molecule has 0 N–H and O–H groups in total. The lowest BCUT2D eigenvalue weighted by Crippen LogP contribution is -2.41. The van der Waals surface area contributed by atoms with Crippen molar-refractivity contribution >= 4 is 11.9 Å². The van der Waals surface area contributed by atoms with E-state index in [9.17, 15) is 9.59 Å². The Labute approximate surface area is 179 Å². The van der Waals surface area contributed by atoms with E-state index in [1.165, 1.54) is 5.56 Å². The first-order valence-electron chi connectivity index (χ1n) is 10.6. The van der Waals surface area contributed by atoms with E-state index >= 15 is 0 Å². The third-order valence-electron chi connectivity index (χ3n) is 5.34. The van der Waals surface area contributed by atoms with Gasteiger partial charge in [-0.1, -0.05) is 30.3 Å². The molecule has 0 unspecified atom stereocenters. The maximum absolute atomic E-state index is 12.7. The Kier molecular flexibility index (Phi) is 6.80. The number of benzene rings is 2. The van der Waals surface area contributed by atoms with Gasteiger partial charge in [-0.25, -0.2) is 4.79 Å². The Morgan fingerprint density at radius 2 is 1.67 bits per heavy atom. The highest BCUT2D eigenvalue weighted by molar-refractivity contribution is 5.94. The van der Waals surface area contributed by atoms with Crippen LogP contribution in [0.2, 0.25) is 0 Å². The summed E-state index contributed by atoms with van der Waals surface area (Å²) in [5.74, 6) is 0.729. The summed E-state index contributed by atoms with van der Waals surface area (Å²) in [5.41, 5.74) is 0.850. The van der Waals surface area contributed by atoms with Crippen LogP contribution in [-0.2, 0) is 9.53 Å². The highest BCUT2D eigenvalue weighted by Gasteiger charge is 2.33. The van der Waals surface area contributed by atoms with Gasteiger partial charge in [-0.15, -0.1) is 0 Å². The molecule has 1 aliphatic heterocycles. The summed E-state index contributed by atoms with van der Waals surface area (Å²) in [5, 5.41) is 0. The molecule has 0 aromatic heterocycles. The number of likely N-dealkylation sites (tertiary alicyclic amines) is 1. The minimum Gasteiger partial charge on any atom is -0.476 e. The van der Waals surface area contributed by atoms with Gasteiger partial charge >= 0.3 is 5.97 Å². The fraction of sp³-hybridized carbons (Fsp3) is 0.440. The second-order valence-electron chi connectivity index (χ2n) is 8.57. The second kappa shape index (κ2) is 9.33. The monoisotopic (exact) mass is 409 g/mol. The quantitative estimate of drug-likeness (QED) is 0.642. The third kappa shape index (κ3) is 5.41. The summed E-state index contributed by atoms with van der Waals surface area (Å²) in [4.78, 5) is 26.9. The fourth-order valence-electron chi connectivity index (χ4n) is 3.70. The highest BCUT2D eigenvalue weighted by Crippen LogP contribution is 2.31. The van der Waals surface area contributed by atoms with Gasteiger partial charge < -0.3 is 14.4 Å². The first-order valence-corrected chi connectivity index (χ1v) is 10.6. The standard InChI is InChI=1S/C25H31NO4/c1-18(2)29-24(28)25(3,4)30-22-12-8-11-21(17-22)19-13-15-26(16-14-19)23(27)20-9-6-5-7-10-20/h5-12,17-19H,13-16H2,1-4H3. The smallest absolute Gasteiger partial charge is 0.350 e. The van der Waals surface area contributed by atoms with E-state index in [4.69, 9.17) is 9.47 Å². The topological polar surface area (TPSA) is 55.8 Å². The number of ether oxygens (including phenoxy) is 2. The SMILES string of the molecule is CC(C)OC(=O)C(C)(C)Oc1cccc(C2CCN(C(=O)c3ccccc3)CC2)c1. The zero-order valence-electron chi connectivity index (χ0n) is 18.3. The molecule has 2 aromatic rings. The average Bonchev–Trinajstić information content (AvgIpc) is 2.73. The number of hydrogen-bond donors (Lipinski definition) is 0. The largest absolute Gasteiger partial charge is 0.476 e. The van der Waals surface area contributed by atoms with Crippen molar-refractivity contribution in [1.82, 2.24) is 4.90 Å². The predicted molar refractivity (Wildman–Crippen MR) is 117 cm³/mol. The van der Waals surface area contributed by atoms with E-state index in [0.29, 0.717) is 11.7 Å². The van der Waals surface area contributed by atoms with Gasteiger partial charge in [-0.05, 0) is 76.3 Å². The number of piperidine rings is 1. The Balaban J connectivity index is 1.62. The fourth-order valence-corrected chi connectivity index (χ4v) is 3.70. The van der Waals surface area contributed by atoms with Gasteiger partial charge in [0.1, 0.15) is 5.75 Å². The van der Waals surface area contributed by atoms with Crippen LogP contribution in [0.5, 0.6) is 5.75 Å². The van der Waals surface area contributed by atoms with E-state index in [-0.39, 0.29) is 18.0 Å². The van der Waals surface area contributed by atoms with Crippen molar-refractivity contribution in [2.45, 2.75) is 58.2 Å². The zero-order valence-corrected chi connectivity index (χ0v) is 18.3. The lowest BCUT2D eigenvalue weighted by Gasteiger charge is -2.32. The molecule has 0 radical (unpaired) electrons. The average molecular weight is 410 g/mol. The molecule has 1 amide bonds. The molecular weight excluding hydrogens is 378 g/mol. The molecule has 5 heteroatoms. The highest BCUT2D eigenvalue weighted by atomic mass is 16.6. The Bertz CT molecular complexity index is 868. The van der Waals surface area contributed by atoms with Crippen molar-refractivity contribution in [3.05, 3.63) is 65.7 Å². The number of carbonyl (C=O) groups is 2. The minimum atomic E-state index is -1.06. The van der Waals surface area contributed by atoms with Crippen molar-refractivity contribution in [3.63, 3.8) is 0 Å². The van der Waals surface area contributed by atoms with Crippen LogP contribution >= 0.6 is 0 Å². The summed E-state index contributed by atoms with van der Waals surface area (Å²) in [7, 11) is 0. The maximum Gasteiger partial charge on any atom is 0.350 e. The molecule has 5 nitrogen and oxygen atoms in total. The molecule has 1 aliphatic rings. The number of carbonyl (C=O) groups excluding carboxylic acids is 2. The number of hydrogen-bond acceptors (Lipinski definition) is 4. The third-order valence-corrected chi connectivity index (χ3v) is 5.34. The molecule has 1 saturated heterocycles. The first-order chi connectivity index (χ1) is 14.3. The summed E-state index contributed by atoms with van der Waals surface area (Å²) in [6.45, 7) is 8.55. The molecule has 2 aromatic carbocycles. The lowest BCUT2D eigenvalue weighted by molar-refractivity contribution is -0.163. The molecule has 30 heavy (non-hydrogen) atoms. The summed E-state index contributed by atoms with van der Waals surface area (Å²) in [6.07, 6.45) is 1.62. The van der Waals surface area contributed by atoms with E-state index in [2.05, 4.69) is 6.07 Å². The van der Waals surface area contributed by atoms with Crippen LogP contribution in [0.4, 0.5) is 0 Å². The van der Waals surface area contributed by atoms with E-state index in [1.807, 2.05) is 67.3 Å². The van der Waals surface area contributed by atoms with Gasteiger partial charge in [0.15, 0.2) is 5.60 Å². The predicted octanol–water partition coefficient (Wildman–Crippen LogP) is 4.82. The van der Waals surface area contributed by atoms with Gasteiger partial charge in [0.25, 0.3) is 5.91 Å². The number of esters is 1. The van der Waals surface area contributed by atoms with Crippen LogP contribution < -0.4 is 4.74 Å². The minimum absolute atomic E-state index is 0.0940. The molecule has 160 valence electrons. The molecule has 1 fully saturated rings. The zero-order chi connectivity index (χ0) is 21.7. The maximum atomic E-state index is 12.7.